The first-order valence-corrected chi connectivity index (χ1v) is 8.16. The third-order valence-electron chi connectivity index (χ3n) is 4.37. The molecule has 4 heterocycles. The predicted molar refractivity (Wildman–Crippen MR) is 90.9 cm³/mol. The van der Waals surface area contributed by atoms with Crippen LogP contribution < -0.4 is 5.32 Å². The minimum atomic E-state index is -0.162. The number of pyridine rings is 1. The first-order chi connectivity index (χ1) is 12.1. The lowest BCUT2D eigenvalue weighted by atomic mass is 10.2. The fraction of sp³-hybridized carbons (Fsp3) is 0.294. The summed E-state index contributed by atoms with van der Waals surface area (Å²) in [5.74, 6) is 0.386. The van der Waals surface area contributed by atoms with E-state index in [-0.39, 0.29) is 18.4 Å². The Morgan fingerprint density at radius 1 is 1.24 bits per heavy atom. The van der Waals surface area contributed by atoms with Crippen LogP contribution in [0, 0.1) is 0 Å². The van der Waals surface area contributed by atoms with Crippen molar-refractivity contribution in [1.29, 1.82) is 0 Å². The van der Waals surface area contributed by atoms with Crippen molar-refractivity contribution in [1.82, 2.24) is 29.4 Å². The van der Waals surface area contributed by atoms with Crippen molar-refractivity contribution >= 4 is 17.5 Å². The van der Waals surface area contributed by atoms with Crippen molar-refractivity contribution < 1.29 is 9.59 Å². The van der Waals surface area contributed by atoms with Gasteiger partial charge in [-0.05, 0) is 30.7 Å². The monoisotopic (exact) mass is 338 g/mol. The highest BCUT2D eigenvalue weighted by Gasteiger charge is 2.22. The van der Waals surface area contributed by atoms with E-state index in [4.69, 9.17) is 0 Å². The van der Waals surface area contributed by atoms with Gasteiger partial charge in [0.1, 0.15) is 0 Å². The average molecular weight is 338 g/mol. The van der Waals surface area contributed by atoms with Crippen LogP contribution in [0.4, 0.5) is 0 Å². The van der Waals surface area contributed by atoms with Gasteiger partial charge in [0, 0.05) is 32.5 Å². The molecule has 8 nitrogen and oxygen atoms in total. The van der Waals surface area contributed by atoms with E-state index in [0.717, 1.165) is 12.1 Å². The van der Waals surface area contributed by atoms with Gasteiger partial charge in [0.2, 0.25) is 5.91 Å². The van der Waals surface area contributed by atoms with Gasteiger partial charge in [0.25, 0.3) is 5.91 Å². The Balaban J connectivity index is 1.72. The minimum Gasteiger partial charge on any atom is -0.354 e. The van der Waals surface area contributed by atoms with Gasteiger partial charge in [0.05, 0.1) is 17.8 Å². The molecule has 3 aromatic rings. The maximum atomic E-state index is 12.8. The lowest BCUT2D eigenvalue weighted by Crippen LogP contribution is -2.37. The second kappa shape index (κ2) is 6.04. The second-order valence-corrected chi connectivity index (χ2v) is 6.10. The smallest absolute Gasteiger partial charge is 0.255 e. The number of fused-ring (bicyclic) bond motifs is 1. The van der Waals surface area contributed by atoms with Crippen molar-refractivity contribution in [3.8, 4) is 11.5 Å². The molecule has 1 aliphatic rings. The number of hydrogen-bond donors (Lipinski definition) is 1. The molecule has 4 rings (SSSR count). The van der Waals surface area contributed by atoms with E-state index in [1.54, 1.807) is 27.6 Å². The van der Waals surface area contributed by atoms with Gasteiger partial charge in [-0.1, -0.05) is 0 Å². The number of carbonyl (C=O) groups excluding carboxylic acids is 2. The highest BCUT2D eigenvalue weighted by atomic mass is 16.2. The van der Waals surface area contributed by atoms with Gasteiger partial charge in [-0.3, -0.25) is 14.0 Å². The number of hydrogen-bond acceptors (Lipinski definition) is 4. The highest BCUT2D eigenvalue weighted by Crippen LogP contribution is 2.19. The van der Waals surface area contributed by atoms with Crippen molar-refractivity contribution in [2.75, 3.05) is 19.6 Å². The van der Waals surface area contributed by atoms with E-state index in [9.17, 15) is 9.59 Å². The number of carbonyl (C=O) groups is 2. The normalized spacial score (nSPS) is 15.2. The van der Waals surface area contributed by atoms with Gasteiger partial charge in [-0.2, -0.15) is 0 Å². The molecule has 1 saturated heterocycles. The molecule has 0 atom stereocenters. The van der Waals surface area contributed by atoms with E-state index >= 15 is 0 Å². The van der Waals surface area contributed by atoms with Crippen LogP contribution in [0.2, 0.25) is 0 Å². The number of nitrogens with zero attached hydrogens (tertiary/aromatic N) is 5. The van der Waals surface area contributed by atoms with Gasteiger partial charge >= 0.3 is 0 Å². The molecular weight excluding hydrogens is 320 g/mol. The summed E-state index contributed by atoms with van der Waals surface area (Å²) in [5, 5.41) is 11.2. The summed E-state index contributed by atoms with van der Waals surface area (Å²) in [4.78, 5) is 26.1. The molecule has 1 aliphatic heterocycles. The zero-order valence-electron chi connectivity index (χ0n) is 13.8. The van der Waals surface area contributed by atoms with Gasteiger partial charge in [0.15, 0.2) is 11.5 Å². The summed E-state index contributed by atoms with van der Waals surface area (Å²) in [6.45, 7) is 1.25. The summed E-state index contributed by atoms with van der Waals surface area (Å²) >= 11 is 0. The number of aromatic nitrogens is 4. The standard InChI is InChI=1S/C17H18N6O2/c1-21-8-2-4-13(21)16-20-19-14-6-5-12(10-23(14)16)17(25)22-9-3-7-18-15(24)11-22/h2,4-6,8,10H,3,7,9,11H2,1H3,(H,18,24). The van der Waals surface area contributed by atoms with E-state index in [0.29, 0.717) is 30.1 Å². The fourth-order valence-electron chi connectivity index (χ4n) is 3.05. The molecule has 3 aromatic heterocycles. The summed E-state index contributed by atoms with van der Waals surface area (Å²) in [5.41, 5.74) is 2.09. The number of rotatable bonds is 2. The molecule has 0 aromatic carbocycles. The molecule has 0 spiro atoms. The molecule has 2 amide bonds. The van der Waals surface area contributed by atoms with Crippen molar-refractivity contribution in [3.05, 3.63) is 42.2 Å². The van der Waals surface area contributed by atoms with Crippen LogP contribution >= 0.6 is 0 Å². The van der Waals surface area contributed by atoms with Crippen LogP contribution in [0.25, 0.3) is 17.2 Å². The third kappa shape index (κ3) is 2.75. The van der Waals surface area contributed by atoms with Gasteiger partial charge < -0.3 is 14.8 Å². The van der Waals surface area contributed by atoms with Crippen LogP contribution in [-0.2, 0) is 11.8 Å². The lowest BCUT2D eigenvalue weighted by Gasteiger charge is -2.19. The fourth-order valence-corrected chi connectivity index (χ4v) is 3.05. The van der Waals surface area contributed by atoms with Crippen LogP contribution in [-0.4, -0.2) is 55.5 Å². The minimum absolute atomic E-state index is 0.0870. The Kier molecular flexibility index (Phi) is 3.72. The molecule has 0 bridgehead atoms. The SMILES string of the molecule is Cn1cccc1-c1nnc2ccc(C(=O)N3CCCNC(=O)C3)cn12. The van der Waals surface area contributed by atoms with E-state index in [1.165, 1.54) is 0 Å². The molecule has 1 fully saturated rings. The van der Waals surface area contributed by atoms with Gasteiger partial charge in [-0.15, -0.1) is 10.2 Å². The molecule has 1 N–H and O–H groups in total. The average Bonchev–Trinajstić information content (AvgIpc) is 3.15. The Morgan fingerprint density at radius 2 is 2.12 bits per heavy atom. The van der Waals surface area contributed by atoms with Crippen molar-refractivity contribution in [2.24, 2.45) is 7.05 Å². The van der Waals surface area contributed by atoms with Crippen LogP contribution in [0.5, 0.6) is 0 Å². The summed E-state index contributed by atoms with van der Waals surface area (Å²) in [6, 6.07) is 7.37. The zero-order chi connectivity index (χ0) is 17.4. The van der Waals surface area contributed by atoms with Gasteiger partial charge in [-0.25, -0.2) is 0 Å². The molecular formula is C17H18N6O2. The van der Waals surface area contributed by atoms with Crippen molar-refractivity contribution in [2.45, 2.75) is 6.42 Å². The summed E-state index contributed by atoms with van der Waals surface area (Å²) in [7, 11) is 1.93. The number of nitrogens with one attached hydrogen (secondary N) is 1. The molecule has 8 heteroatoms. The van der Waals surface area contributed by atoms with Crippen LogP contribution in [0.15, 0.2) is 36.7 Å². The predicted octanol–water partition coefficient (Wildman–Crippen LogP) is 0.697. The molecule has 0 radical (unpaired) electrons. The molecule has 0 saturated carbocycles. The number of amides is 2. The first-order valence-electron chi connectivity index (χ1n) is 8.16. The van der Waals surface area contributed by atoms with E-state index in [1.807, 2.05) is 29.9 Å². The van der Waals surface area contributed by atoms with E-state index in [2.05, 4.69) is 15.5 Å². The zero-order valence-corrected chi connectivity index (χ0v) is 13.8. The number of aryl methyl sites for hydroxylation is 1. The Morgan fingerprint density at radius 3 is 2.92 bits per heavy atom. The van der Waals surface area contributed by atoms with Crippen LogP contribution in [0.3, 0.4) is 0 Å². The highest BCUT2D eigenvalue weighted by molar-refractivity contribution is 5.96. The Hall–Kier alpha value is -3.16. The first kappa shape index (κ1) is 15.4. The topological polar surface area (TPSA) is 84.5 Å². The molecule has 128 valence electrons. The van der Waals surface area contributed by atoms with Crippen molar-refractivity contribution in [3.63, 3.8) is 0 Å². The molecule has 0 aliphatic carbocycles. The largest absolute Gasteiger partial charge is 0.354 e. The second-order valence-electron chi connectivity index (χ2n) is 6.10. The quantitative estimate of drug-likeness (QED) is 0.745. The van der Waals surface area contributed by atoms with Crippen LogP contribution in [0.1, 0.15) is 16.8 Å². The summed E-state index contributed by atoms with van der Waals surface area (Å²) < 4.78 is 3.75. The third-order valence-corrected chi connectivity index (χ3v) is 4.37. The maximum absolute atomic E-state index is 12.8. The Bertz CT molecular complexity index is 957. The lowest BCUT2D eigenvalue weighted by molar-refractivity contribution is -0.121. The maximum Gasteiger partial charge on any atom is 0.255 e. The molecule has 0 unspecified atom stereocenters. The molecule has 25 heavy (non-hydrogen) atoms. The van der Waals surface area contributed by atoms with E-state index < -0.39 is 0 Å². The summed E-state index contributed by atoms with van der Waals surface area (Å²) in [6.07, 6.45) is 4.42. The Labute approximate surface area is 144 Å².